The Morgan fingerprint density at radius 1 is 1.36 bits per heavy atom. The van der Waals surface area contributed by atoms with Crippen LogP contribution in [0, 0.1) is 12.8 Å². The summed E-state index contributed by atoms with van der Waals surface area (Å²) in [5.74, 6) is 1.71. The van der Waals surface area contributed by atoms with Crippen LogP contribution in [0.2, 0.25) is 0 Å². The van der Waals surface area contributed by atoms with Gasteiger partial charge in [0, 0.05) is 24.1 Å². The predicted molar refractivity (Wildman–Crippen MR) is 84.3 cm³/mol. The third kappa shape index (κ3) is 3.51. The quantitative estimate of drug-likeness (QED) is 0.801. The number of hydrogen-bond acceptors (Lipinski definition) is 4. The van der Waals surface area contributed by atoms with Crippen molar-refractivity contribution in [3.05, 3.63) is 41.5 Å². The molecular formula is C16H21N5O. The van der Waals surface area contributed by atoms with Gasteiger partial charge in [-0.3, -0.25) is 9.89 Å². The topological polar surface area (TPSA) is 96.7 Å². The summed E-state index contributed by atoms with van der Waals surface area (Å²) >= 11 is 0. The van der Waals surface area contributed by atoms with Gasteiger partial charge in [0.15, 0.2) is 5.82 Å². The van der Waals surface area contributed by atoms with E-state index in [4.69, 9.17) is 5.73 Å². The molecule has 6 nitrogen and oxygen atoms in total. The van der Waals surface area contributed by atoms with Gasteiger partial charge < -0.3 is 11.1 Å². The Hall–Kier alpha value is -2.21. The number of carbonyl (C=O) groups excluding carboxylic acids is 1. The van der Waals surface area contributed by atoms with Gasteiger partial charge in [0.05, 0.1) is 0 Å². The highest BCUT2D eigenvalue weighted by Gasteiger charge is 2.27. The van der Waals surface area contributed by atoms with Crippen LogP contribution in [0.15, 0.2) is 24.3 Å². The van der Waals surface area contributed by atoms with E-state index in [0.717, 1.165) is 42.2 Å². The first-order chi connectivity index (χ1) is 10.6. The van der Waals surface area contributed by atoms with E-state index >= 15 is 0 Å². The summed E-state index contributed by atoms with van der Waals surface area (Å²) in [6, 6.07) is 7.98. The maximum atomic E-state index is 12.1. The Morgan fingerprint density at radius 2 is 2.14 bits per heavy atom. The van der Waals surface area contributed by atoms with E-state index < -0.39 is 0 Å². The van der Waals surface area contributed by atoms with Crippen molar-refractivity contribution in [2.75, 3.05) is 5.32 Å². The zero-order chi connectivity index (χ0) is 15.5. The predicted octanol–water partition coefficient (Wildman–Crippen LogP) is 1.77. The minimum atomic E-state index is 0.0471. The summed E-state index contributed by atoms with van der Waals surface area (Å²) in [6.07, 6.45) is 3.28. The van der Waals surface area contributed by atoms with Gasteiger partial charge in [-0.2, -0.15) is 5.10 Å². The Kier molecular flexibility index (Phi) is 4.20. The number of nitrogens with zero attached hydrogens (tertiary/aromatic N) is 2. The number of nitrogens with one attached hydrogen (secondary N) is 2. The molecule has 6 heteroatoms. The molecular weight excluding hydrogens is 278 g/mol. The Morgan fingerprint density at radius 3 is 2.73 bits per heavy atom. The van der Waals surface area contributed by atoms with Crippen LogP contribution in [-0.4, -0.2) is 27.1 Å². The number of aromatic amines is 1. The highest BCUT2D eigenvalue weighted by atomic mass is 16.1. The second-order valence-electron chi connectivity index (χ2n) is 5.97. The monoisotopic (exact) mass is 299 g/mol. The molecule has 1 aromatic carbocycles. The minimum absolute atomic E-state index is 0.0471. The second-order valence-corrected chi connectivity index (χ2v) is 5.97. The molecule has 1 saturated carbocycles. The molecule has 1 aliphatic rings. The summed E-state index contributed by atoms with van der Waals surface area (Å²) in [5, 5.41) is 9.92. The van der Waals surface area contributed by atoms with E-state index in [2.05, 4.69) is 20.5 Å². The van der Waals surface area contributed by atoms with E-state index in [9.17, 15) is 4.79 Å². The molecule has 22 heavy (non-hydrogen) atoms. The fraction of sp³-hybridized carbons (Fsp3) is 0.438. The number of aryl methyl sites for hydroxylation is 1. The first-order valence-electron chi connectivity index (χ1n) is 7.63. The molecule has 116 valence electrons. The van der Waals surface area contributed by atoms with Gasteiger partial charge in [-0.25, -0.2) is 4.98 Å². The molecule has 2 atom stereocenters. The molecule has 1 fully saturated rings. The number of aromatic nitrogens is 3. The standard InChI is InChI=1S/C16H21N5O/c1-10-18-15(21-20-10)8-11-2-6-14(7-3-11)19-16(22)12-4-5-13(17)9-12/h2-3,6-7,12-13H,4-5,8-9,17H2,1H3,(H,19,22)(H,18,20,21)/t12-,13+/m0/s1. The van der Waals surface area contributed by atoms with E-state index in [1.165, 1.54) is 0 Å². The largest absolute Gasteiger partial charge is 0.328 e. The van der Waals surface area contributed by atoms with Crippen LogP contribution in [0.4, 0.5) is 5.69 Å². The van der Waals surface area contributed by atoms with Crippen molar-refractivity contribution in [1.29, 1.82) is 0 Å². The molecule has 2 aromatic rings. The number of amides is 1. The summed E-state index contributed by atoms with van der Waals surface area (Å²) in [4.78, 5) is 16.4. The number of hydrogen-bond donors (Lipinski definition) is 3. The summed E-state index contributed by atoms with van der Waals surface area (Å²) in [6.45, 7) is 1.88. The normalized spacial score (nSPS) is 21.0. The van der Waals surface area contributed by atoms with Crippen molar-refractivity contribution in [3.63, 3.8) is 0 Å². The van der Waals surface area contributed by atoms with Crippen LogP contribution in [0.3, 0.4) is 0 Å². The molecule has 1 amide bonds. The van der Waals surface area contributed by atoms with Crippen molar-refractivity contribution in [1.82, 2.24) is 15.2 Å². The molecule has 0 unspecified atom stereocenters. The number of benzene rings is 1. The molecule has 3 rings (SSSR count). The first-order valence-corrected chi connectivity index (χ1v) is 7.63. The Balaban J connectivity index is 1.58. The van der Waals surface area contributed by atoms with Crippen molar-refractivity contribution in [2.24, 2.45) is 11.7 Å². The number of rotatable bonds is 4. The van der Waals surface area contributed by atoms with Gasteiger partial charge in [-0.05, 0) is 43.9 Å². The lowest BCUT2D eigenvalue weighted by Gasteiger charge is -2.11. The molecule has 0 saturated heterocycles. The zero-order valence-electron chi connectivity index (χ0n) is 12.7. The zero-order valence-corrected chi connectivity index (χ0v) is 12.7. The first kappa shape index (κ1) is 14.7. The maximum Gasteiger partial charge on any atom is 0.227 e. The van der Waals surface area contributed by atoms with Crippen molar-refractivity contribution in [3.8, 4) is 0 Å². The van der Waals surface area contributed by atoms with Gasteiger partial charge in [0.25, 0.3) is 0 Å². The molecule has 1 heterocycles. The number of carbonyl (C=O) groups is 1. The summed E-state index contributed by atoms with van der Waals surface area (Å²) in [7, 11) is 0. The lowest BCUT2D eigenvalue weighted by Crippen LogP contribution is -2.23. The molecule has 0 radical (unpaired) electrons. The molecule has 1 aliphatic carbocycles. The van der Waals surface area contributed by atoms with Crippen LogP contribution in [-0.2, 0) is 11.2 Å². The highest BCUT2D eigenvalue weighted by molar-refractivity contribution is 5.92. The van der Waals surface area contributed by atoms with Gasteiger partial charge in [-0.1, -0.05) is 12.1 Å². The third-order valence-corrected chi connectivity index (χ3v) is 4.07. The number of H-pyrrole nitrogens is 1. The van der Waals surface area contributed by atoms with Crippen molar-refractivity contribution >= 4 is 11.6 Å². The van der Waals surface area contributed by atoms with Crippen molar-refractivity contribution < 1.29 is 4.79 Å². The number of anilines is 1. The van der Waals surface area contributed by atoms with Gasteiger partial charge in [0.2, 0.25) is 5.91 Å². The SMILES string of the molecule is Cc1nc(Cc2ccc(NC(=O)[C@H]3CC[C@@H](N)C3)cc2)n[nH]1. The molecule has 0 aliphatic heterocycles. The second kappa shape index (κ2) is 6.27. The van der Waals surface area contributed by atoms with E-state index in [0.29, 0.717) is 6.42 Å². The van der Waals surface area contributed by atoms with Crippen molar-refractivity contribution in [2.45, 2.75) is 38.6 Å². The Labute approximate surface area is 129 Å². The van der Waals surface area contributed by atoms with Crippen LogP contribution < -0.4 is 11.1 Å². The van der Waals surface area contributed by atoms with Crippen LogP contribution in [0.5, 0.6) is 0 Å². The lowest BCUT2D eigenvalue weighted by molar-refractivity contribution is -0.119. The molecule has 1 aromatic heterocycles. The van der Waals surface area contributed by atoms with Gasteiger partial charge in [0.1, 0.15) is 5.82 Å². The Bertz CT molecular complexity index is 649. The fourth-order valence-corrected chi connectivity index (χ4v) is 2.86. The van der Waals surface area contributed by atoms with E-state index in [-0.39, 0.29) is 17.9 Å². The average molecular weight is 299 g/mol. The molecule has 0 bridgehead atoms. The maximum absolute atomic E-state index is 12.1. The van der Waals surface area contributed by atoms with E-state index in [1.807, 2.05) is 31.2 Å². The summed E-state index contributed by atoms with van der Waals surface area (Å²) < 4.78 is 0. The van der Waals surface area contributed by atoms with Gasteiger partial charge >= 0.3 is 0 Å². The fourth-order valence-electron chi connectivity index (χ4n) is 2.86. The van der Waals surface area contributed by atoms with Crippen LogP contribution in [0.25, 0.3) is 0 Å². The minimum Gasteiger partial charge on any atom is -0.328 e. The smallest absolute Gasteiger partial charge is 0.227 e. The number of nitrogens with two attached hydrogens (primary N) is 1. The van der Waals surface area contributed by atoms with Crippen LogP contribution in [0.1, 0.15) is 36.5 Å². The van der Waals surface area contributed by atoms with Crippen LogP contribution >= 0.6 is 0 Å². The lowest BCUT2D eigenvalue weighted by atomic mass is 10.1. The molecule has 0 spiro atoms. The van der Waals surface area contributed by atoms with E-state index in [1.54, 1.807) is 0 Å². The third-order valence-electron chi connectivity index (χ3n) is 4.07. The summed E-state index contributed by atoms with van der Waals surface area (Å²) in [5.41, 5.74) is 7.79. The average Bonchev–Trinajstić information content (AvgIpc) is 3.10. The highest BCUT2D eigenvalue weighted by Crippen LogP contribution is 2.25. The molecule has 4 N–H and O–H groups in total. The van der Waals surface area contributed by atoms with Gasteiger partial charge in [-0.15, -0.1) is 0 Å².